The highest BCUT2D eigenvalue weighted by molar-refractivity contribution is 7.92. The molecule has 2 N–H and O–H groups in total. The molecular formula is C15H18N2O3S. The van der Waals surface area contributed by atoms with Gasteiger partial charge in [0.15, 0.2) is 0 Å². The second-order valence-corrected chi connectivity index (χ2v) is 5.99. The van der Waals surface area contributed by atoms with Gasteiger partial charge in [-0.05, 0) is 43.3 Å². The molecule has 0 fully saturated rings. The highest BCUT2D eigenvalue weighted by Gasteiger charge is 2.16. The molecule has 0 aromatic heterocycles. The van der Waals surface area contributed by atoms with Crippen molar-refractivity contribution < 1.29 is 13.2 Å². The van der Waals surface area contributed by atoms with E-state index in [1.807, 2.05) is 6.92 Å². The number of benzene rings is 2. The van der Waals surface area contributed by atoms with Crippen molar-refractivity contribution in [3.05, 3.63) is 48.5 Å². The van der Waals surface area contributed by atoms with Gasteiger partial charge in [-0.3, -0.25) is 4.72 Å². The number of nitrogens with one attached hydrogen (secondary N) is 2. The quantitative estimate of drug-likeness (QED) is 0.861. The average molecular weight is 306 g/mol. The summed E-state index contributed by atoms with van der Waals surface area (Å²) in [5.74, 6) is 0.510. The van der Waals surface area contributed by atoms with E-state index in [2.05, 4.69) is 10.0 Å². The van der Waals surface area contributed by atoms with Gasteiger partial charge in [0.05, 0.1) is 17.2 Å². The van der Waals surface area contributed by atoms with Crippen molar-refractivity contribution in [1.29, 1.82) is 0 Å². The Morgan fingerprint density at radius 1 is 1.05 bits per heavy atom. The second kappa shape index (κ2) is 6.49. The summed E-state index contributed by atoms with van der Waals surface area (Å²) >= 11 is 0. The smallest absolute Gasteiger partial charge is 0.262 e. The fourth-order valence-corrected chi connectivity index (χ4v) is 2.91. The summed E-state index contributed by atoms with van der Waals surface area (Å²) in [5.41, 5.74) is 1.28. The molecule has 2 aromatic rings. The van der Waals surface area contributed by atoms with Crippen LogP contribution in [0.2, 0.25) is 0 Å². The van der Waals surface area contributed by atoms with Gasteiger partial charge < -0.3 is 10.1 Å². The summed E-state index contributed by atoms with van der Waals surface area (Å²) in [5, 5.41) is 2.95. The number of sulfonamides is 1. The van der Waals surface area contributed by atoms with Gasteiger partial charge in [0.25, 0.3) is 10.0 Å². The van der Waals surface area contributed by atoms with Gasteiger partial charge in [0, 0.05) is 12.7 Å². The standard InChI is InChI=1S/C15H18N2O3S/c1-3-20-15-7-5-4-6-14(15)17-21(18,19)13-10-8-12(16-2)9-11-13/h4-11,16-17H,3H2,1-2H3. The zero-order valence-corrected chi connectivity index (χ0v) is 12.8. The van der Waals surface area contributed by atoms with E-state index in [9.17, 15) is 8.42 Å². The molecule has 0 saturated heterocycles. The van der Waals surface area contributed by atoms with Crippen molar-refractivity contribution >= 4 is 21.4 Å². The number of ether oxygens (including phenoxy) is 1. The third kappa shape index (κ3) is 3.66. The lowest BCUT2D eigenvalue weighted by atomic mass is 10.3. The highest BCUT2D eigenvalue weighted by Crippen LogP contribution is 2.26. The van der Waals surface area contributed by atoms with Crippen molar-refractivity contribution in [2.75, 3.05) is 23.7 Å². The Labute approximate surface area is 125 Å². The summed E-state index contributed by atoms with van der Waals surface area (Å²) < 4.78 is 32.7. The zero-order chi connectivity index (χ0) is 15.3. The number of hydrogen-bond donors (Lipinski definition) is 2. The molecule has 0 aliphatic carbocycles. The first-order valence-electron chi connectivity index (χ1n) is 6.59. The Morgan fingerprint density at radius 3 is 2.33 bits per heavy atom. The SMILES string of the molecule is CCOc1ccccc1NS(=O)(=O)c1ccc(NC)cc1. The second-order valence-electron chi connectivity index (χ2n) is 4.31. The molecule has 0 saturated carbocycles. The maximum Gasteiger partial charge on any atom is 0.262 e. The van der Waals surface area contributed by atoms with Crippen molar-refractivity contribution in [3.8, 4) is 5.75 Å². The Morgan fingerprint density at radius 2 is 1.71 bits per heavy atom. The van der Waals surface area contributed by atoms with Crippen LogP contribution in [-0.2, 0) is 10.0 Å². The predicted molar refractivity (Wildman–Crippen MR) is 84.4 cm³/mol. The van der Waals surface area contributed by atoms with Gasteiger partial charge in [-0.2, -0.15) is 0 Å². The number of rotatable bonds is 6. The third-order valence-electron chi connectivity index (χ3n) is 2.88. The van der Waals surface area contributed by atoms with E-state index < -0.39 is 10.0 Å². The van der Waals surface area contributed by atoms with Crippen LogP contribution in [0.4, 0.5) is 11.4 Å². The van der Waals surface area contributed by atoms with Gasteiger partial charge in [-0.1, -0.05) is 12.1 Å². The summed E-state index contributed by atoms with van der Waals surface area (Å²) in [6, 6.07) is 13.5. The Hall–Kier alpha value is -2.21. The van der Waals surface area contributed by atoms with Crippen LogP contribution in [0.25, 0.3) is 0 Å². The van der Waals surface area contributed by atoms with Gasteiger partial charge >= 0.3 is 0 Å². The van der Waals surface area contributed by atoms with E-state index in [1.54, 1.807) is 55.6 Å². The summed E-state index contributed by atoms with van der Waals surface area (Å²) in [4.78, 5) is 0.202. The minimum absolute atomic E-state index is 0.202. The first-order valence-corrected chi connectivity index (χ1v) is 8.07. The molecule has 112 valence electrons. The lowest BCUT2D eigenvalue weighted by Gasteiger charge is -2.13. The molecule has 5 nitrogen and oxygen atoms in total. The Bertz CT molecular complexity index is 697. The normalized spacial score (nSPS) is 11.0. The molecule has 0 unspecified atom stereocenters. The highest BCUT2D eigenvalue weighted by atomic mass is 32.2. The van der Waals surface area contributed by atoms with Gasteiger partial charge in [-0.15, -0.1) is 0 Å². The van der Waals surface area contributed by atoms with Crippen LogP contribution in [0.3, 0.4) is 0 Å². The van der Waals surface area contributed by atoms with Gasteiger partial charge in [0.1, 0.15) is 5.75 Å². The monoisotopic (exact) mass is 306 g/mol. The molecule has 0 amide bonds. The topological polar surface area (TPSA) is 67.4 Å². The third-order valence-corrected chi connectivity index (χ3v) is 4.27. The molecule has 0 aliphatic rings. The van der Waals surface area contributed by atoms with Crippen molar-refractivity contribution in [2.24, 2.45) is 0 Å². The predicted octanol–water partition coefficient (Wildman–Crippen LogP) is 2.93. The van der Waals surface area contributed by atoms with Gasteiger partial charge in [-0.25, -0.2) is 8.42 Å². The molecule has 0 aliphatic heterocycles. The molecule has 2 rings (SSSR count). The largest absolute Gasteiger partial charge is 0.492 e. The molecule has 21 heavy (non-hydrogen) atoms. The Balaban J connectivity index is 2.28. The van der Waals surface area contributed by atoms with Crippen LogP contribution in [-0.4, -0.2) is 22.1 Å². The van der Waals surface area contributed by atoms with E-state index in [0.29, 0.717) is 18.0 Å². The fraction of sp³-hybridized carbons (Fsp3) is 0.200. The number of anilines is 2. The van der Waals surface area contributed by atoms with Crippen LogP contribution in [0.1, 0.15) is 6.92 Å². The summed E-state index contributed by atoms with van der Waals surface area (Å²) in [7, 11) is -1.86. The molecular weight excluding hydrogens is 288 g/mol. The van der Waals surface area contributed by atoms with Crippen LogP contribution in [0.15, 0.2) is 53.4 Å². The minimum atomic E-state index is -3.64. The van der Waals surface area contributed by atoms with Crippen LogP contribution in [0.5, 0.6) is 5.75 Å². The zero-order valence-electron chi connectivity index (χ0n) is 12.0. The molecule has 0 atom stereocenters. The van der Waals surface area contributed by atoms with Crippen molar-refractivity contribution in [1.82, 2.24) is 0 Å². The van der Waals surface area contributed by atoms with E-state index in [4.69, 9.17) is 4.74 Å². The molecule has 0 bridgehead atoms. The summed E-state index contributed by atoms with van der Waals surface area (Å²) in [6.45, 7) is 2.32. The molecule has 0 radical (unpaired) electrons. The lowest BCUT2D eigenvalue weighted by molar-refractivity contribution is 0.342. The minimum Gasteiger partial charge on any atom is -0.492 e. The molecule has 0 heterocycles. The lowest BCUT2D eigenvalue weighted by Crippen LogP contribution is -2.13. The van der Waals surface area contributed by atoms with Gasteiger partial charge in [0.2, 0.25) is 0 Å². The first kappa shape index (κ1) is 15.2. The molecule has 0 spiro atoms. The number of para-hydroxylation sites is 2. The maximum absolute atomic E-state index is 12.4. The van der Waals surface area contributed by atoms with E-state index in [1.165, 1.54) is 0 Å². The molecule has 6 heteroatoms. The molecule has 2 aromatic carbocycles. The average Bonchev–Trinajstić information content (AvgIpc) is 2.49. The van der Waals surface area contributed by atoms with E-state index >= 15 is 0 Å². The van der Waals surface area contributed by atoms with E-state index in [0.717, 1.165) is 5.69 Å². The van der Waals surface area contributed by atoms with E-state index in [-0.39, 0.29) is 4.90 Å². The maximum atomic E-state index is 12.4. The van der Waals surface area contributed by atoms with Crippen LogP contribution < -0.4 is 14.8 Å². The Kier molecular flexibility index (Phi) is 4.70. The fourth-order valence-electron chi connectivity index (χ4n) is 1.84. The van der Waals surface area contributed by atoms with Crippen LogP contribution >= 0.6 is 0 Å². The van der Waals surface area contributed by atoms with Crippen molar-refractivity contribution in [2.45, 2.75) is 11.8 Å². The number of hydrogen-bond acceptors (Lipinski definition) is 4. The van der Waals surface area contributed by atoms with Crippen molar-refractivity contribution in [3.63, 3.8) is 0 Å². The first-order chi connectivity index (χ1) is 10.1. The van der Waals surface area contributed by atoms with Crippen LogP contribution in [0, 0.1) is 0 Å². The summed E-state index contributed by atoms with van der Waals surface area (Å²) in [6.07, 6.45) is 0.